The molecule has 0 aliphatic heterocycles. The van der Waals surface area contributed by atoms with Crippen LogP contribution in [0.1, 0.15) is 55.9 Å². The molecule has 1 atom stereocenters. The molecule has 0 radical (unpaired) electrons. The van der Waals surface area contributed by atoms with Gasteiger partial charge in [-0.2, -0.15) is 0 Å². The molecule has 1 aliphatic carbocycles. The summed E-state index contributed by atoms with van der Waals surface area (Å²) in [6, 6.07) is -0.666. The Bertz CT molecular complexity index is 819. The van der Waals surface area contributed by atoms with Gasteiger partial charge < -0.3 is 4.74 Å². The normalized spacial score (nSPS) is 15.7. The first-order chi connectivity index (χ1) is 10.9. The standard InChI is InChI=1S/C17H22N2O3S/c1-9(2)22-17(21)10(3)19-11(4)18-15-14(16(19)20)12-7-5-6-8-13(12)23-15/h9-10H,5-8H2,1-4H3. The van der Waals surface area contributed by atoms with E-state index >= 15 is 0 Å². The van der Waals surface area contributed by atoms with Crippen molar-refractivity contribution in [3.63, 3.8) is 0 Å². The average molecular weight is 334 g/mol. The highest BCUT2D eigenvalue weighted by atomic mass is 32.1. The van der Waals surface area contributed by atoms with E-state index in [4.69, 9.17) is 4.74 Å². The molecule has 0 N–H and O–H groups in total. The molecule has 1 aliphatic rings. The Morgan fingerprint density at radius 3 is 2.65 bits per heavy atom. The van der Waals surface area contributed by atoms with Gasteiger partial charge in [0.25, 0.3) is 5.56 Å². The number of rotatable bonds is 3. The highest BCUT2D eigenvalue weighted by Gasteiger charge is 2.26. The molecule has 2 aromatic heterocycles. The van der Waals surface area contributed by atoms with Crippen molar-refractivity contribution in [2.75, 3.05) is 0 Å². The van der Waals surface area contributed by atoms with Crippen LogP contribution in [0.3, 0.4) is 0 Å². The molecule has 2 heterocycles. The van der Waals surface area contributed by atoms with E-state index in [1.807, 2.05) is 0 Å². The first-order valence-electron chi connectivity index (χ1n) is 8.14. The van der Waals surface area contributed by atoms with Gasteiger partial charge in [-0.1, -0.05) is 0 Å². The Morgan fingerprint density at radius 1 is 1.26 bits per heavy atom. The van der Waals surface area contributed by atoms with Gasteiger partial charge >= 0.3 is 5.97 Å². The molecule has 0 amide bonds. The first-order valence-corrected chi connectivity index (χ1v) is 8.95. The van der Waals surface area contributed by atoms with Gasteiger partial charge in [0, 0.05) is 4.88 Å². The maximum atomic E-state index is 13.0. The van der Waals surface area contributed by atoms with Crippen molar-refractivity contribution in [1.29, 1.82) is 0 Å². The van der Waals surface area contributed by atoms with Crippen molar-refractivity contribution < 1.29 is 9.53 Å². The molecular weight excluding hydrogens is 312 g/mol. The van der Waals surface area contributed by atoms with E-state index in [0.29, 0.717) is 11.2 Å². The molecule has 2 aromatic rings. The Labute approximate surface area is 139 Å². The van der Waals surface area contributed by atoms with Crippen LogP contribution in [-0.2, 0) is 22.4 Å². The second kappa shape index (κ2) is 6.07. The summed E-state index contributed by atoms with van der Waals surface area (Å²) in [5.74, 6) is 0.171. The maximum Gasteiger partial charge on any atom is 0.329 e. The fourth-order valence-electron chi connectivity index (χ4n) is 3.21. The minimum absolute atomic E-state index is 0.111. The number of aromatic nitrogens is 2. The lowest BCUT2D eigenvalue weighted by molar-refractivity contribution is -0.151. The monoisotopic (exact) mass is 334 g/mol. The van der Waals surface area contributed by atoms with Crippen LogP contribution in [0.15, 0.2) is 4.79 Å². The fourth-order valence-corrected chi connectivity index (χ4v) is 4.51. The highest BCUT2D eigenvalue weighted by Crippen LogP contribution is 2.34. The van der Waals surface area contributed by atoms with Crippen LogP contribution < -0.4 is 5.56 Å². The number of carbonyl (C=O) groups excluding carboxylic acids is 1. The molecule has 0 fully saturated rings. The number of aryl methyl sites for hydroxylation is 3. The van der Waals surface area contributed by atoms with Crippen LogP contribution in [0.2, 0.25) is 0 Å². The zero-order valence-corrected chi connectivity index (χ0v) is 14.8. The molecular formula is C17H22N2O3S. The van der Waals surface area contributed by atoms with Crippen molar-refractivity contribution in [3.8, 4) is 0 Å². The van der Waals surface area contributed by atoms with Gasteiger partial charge in [0.1, 0.15) is 16.7 Å². The van der Waals surface area contributed by atoms with Gasteiger partial charge in [0.05, 0.1) is 11.5 Å². The van der Waals surface area contributed by atoms with Gasteiger partial charge in [-0.05, 0) is 58.9 Å². The van der Waals surface area contributed by atoms with Crippen LogP contribution in [0.5, 0.6) is 0 Å². The predicted molar refractivity (Wildman–Crippen MR) is 91.2 cm³/mol. The third-order valence-corrected chi connectivity index (χ3v) is 5.46. The zero-order valence-electron chi connectivity index (χ0n) is 14.0. The van der Waals surface area contributed by atoms with Crippen molar-refractivity contribution >= 4 is 27.5 Å². The molecule has 124 valence electrons. The van der Waals surface area contributed by atoms with Crippen molar-refractivity contribution in [1.82, 2.24) is 9.55 Å². The summed E-state index contributed by atoms with van der Waals surface area (Å²) in [4.78, 5) is 31.9. The Morgan fingerprint density at radius 2 is 1.96 bits per heavy atom. The largest absolute Gasteiger partial charge is 0.461 e. The Kier molecular flexibility index (Phi) is 4.27. The third-order valence-electron chi connectivity index (χ3n) is 4.28. The second-order valence-corrected chi connectivity index (χ2v) is 7.47. The molecule has 0 aromatic carbocycles. The van der Waals surface area contributed by atoms with E-state index in [1.54, 1.807) is 39.0 Å². The third kappa shape index (κ3) is 2.80. The van der Waals surface area contributed by atoms with Crippen LogP contribution in [0.4, 0.5) is 0 Å². The summed E-state index contributed by atoms with van der Waals surface area (Å²) in [6.07, 6.45) is 4.03. The number of hydrogen-bond donors (Lipinski definition) is 0. The number of thiophene rings is 1. The highest BCUT2D eigenvalue weighted by molar-refractivity contribution is 7.18. The summed E-state index contributed by atoms with van der Waals surface area (Å²) in [5, 5.41) is 0.708. The molecule has 23 heavy (non-hydrogen) atoms. The van der Waals surface area contributed by atoms with Crippen molar-refractivity contribution in [3.05, 3.63) is 26.6 Å². The predicted octanol–water partition coefficient (Wildman–Crippen LogP) is 3.16. The number of esters is 1. The Balaban J connectivity index is 2.14. The summed E-state index contributed by atoms with van der Waals surface area (Å²) in [5.41, 5.74) is 1.03. The fraction of sp³-hybridized carbons (Fsp3) is 0.588. The Hall–Kier alpha value is -1.69. The van der Waals surface area contributed by atoms with E-state index in [2.05, 4.69) is 4.98 Å². The van der Waals surface area contributed by atoms with E-state index in [-0.39, 0.29) is 11.7 Å². The molecule has 0 spiro atoms. The number of hydrogen-bond acceptors (Lipinski definition) is 5. The quantitative estimate of drug-likeness (QED) is 0.809. The van der Waals surface area contributed by atoms with Gasteiger partial charge in [-0.25, -0.2) is 9.78 Å². The van der Waals surface area contributed by atoms with Crippen molar-refractivity contribution in [2.45, 2.75) is 65.5 Å². The summed E-state index contributed by atoms with van der Waals surface area (Å²) < 4.78 is 6.74. The van der Waals surface area contributed by atoms with Crippen molar-refractivity contribution in [2.24, 2.45) is 0 Å². The minimum atomic E-state index is -0.666. The van der Waals surface area contributed by atoms with Gasteiger partial charge in [0.2, 0.25) is 0 Å². The SMILES string of the molecule is Cc1nc2sc3c(c2c(=O)n1C(C)C(=O)OC(C)C)CCCC3. The summed E-state index contributed by atoms with van der Waals surface area (Å²) in [7, 11) is 0. The lowest BCUT2D eigenvalue weighted by atomic mass is 9.97. The lowest BCUT2D eigenvalue weighted by Gasteiger charge is -2.18. The maximum absolute atomic E-state index is 13.0. The first kappa shape index (κ1) is 16.2. The summed E-state index contributed by atoms with van der Waals surface area (Å²) in [6.45, 7) is 7.08. The molecule has 5 nitrogen and oxygen atoms in total. The number of carbonyl (C=O) groups is 1. The average Bonchev–Trinajstić information content (AvgIpc) is 2.84. The molecule has 0 saturated heterocycles. The van der Waals surface area contributed by atoms with E-state index in [1.165, 1.54) is 15.9 Å². The second-order valence-electron chi connectivity index (χ2n) is 6.39. The van der Waals surface area contributed by atoms with Gasteiger partial charge in [-0.3, -0.25) is 9.36 Å². The lowest BCUT2D eigenvalue weighted by Crippen LogP contribution is -2.33. The number of ether oxygens (including phenoxy) is 1. The topological polar surface area (TPSA) is 61.2 Å². The van der Waals surface area contributed by atoms with Crippen LogP contribution in [0, 0.1) is 6.92 Å². The molecule has 3 rings (SSSR count). The summed E-state index contributed by atoms with van der Waals surface area (Å²) >= 11 is 1.63. The van der Waals surface area contributed by atoms with Crippen LogP contribution >= 0.6 is 11.3 Å². The minimum Gasteiger partial charge on any atom is -0.461 e. The smallest absolute Gasteiger partial charge is 0.329 e. The van der Waals surface area contributed by atoms with Crippen LogP contribution in [0.25, 0.3) is 10.2 Å². The molecule has 0 saturated carbocycles. The molecule has 0 bridgehead atoms. The van der Waals surface area contributed by atoms with E-state index in [9.17, 15) is 9.59 Å². The zero-order chi connectivity index (χ0) is 16.7. The van der Waals surface area contributed by atoms with Gasteiger partial charge in [0.15, 0.2) is 0 Å². The van der Waals surface area contributed by atoms with E-state index < -0.39 is 12.0 Å². The number of nitrogens with zero attached hydrogens (tertiary/aromatic N) is 2. The van der Waals surface area contributed by atoms with Gasteiger partial charge in [-0.15, -0.1) is 11.3 Å². The molecule has 1 unspecified atom stereocenters. The van der Waals surface area contributed by atoms with Crippen LogP contribution in [-0.4, -0.2) is 21.6 Å². The molecule has 6 heteroatoms. The van der Waals surface area contributed by atoms with E-state index in [0.717, 1.165) is 29.7 Å². The number of fused-ring (bicyclic) bond motifs is 3.